The molecule has 1 aliphatic rings. The van der Waals surface area contributed by atoms with Gasteiger partial charge in [0, 0.05) is 11.3 Å². The van der Waals surface area contributed by atoms with E-state index >= 15 is 0 Å². The van der Waals surface area contributed by atoms with Crippen molar-refractivity contribution in [2.75, 3.05) is 6.61 Å². The molecular formula is C23H20N2O6. The molecule has 1 atom stereocenters. The fraction of sp³-hybridized carbons (Fsp3) is 0.217. The van der Waals surface area contributed by atoms with Gasteiger partial charge in [-0.3, -0.25) is 14.9 Å². The number of nitrogens with one attached hydrogen (secondary N) is 1. The fourth-order valence-corrected chi connectivity index (χ4v) is 4.08. The summed E-state index contributed by atoms with van der Waals surface area (Å²) in [4.78, 5) is 37.4. The summed E-state index contributed by atoms with van der Waals surface area (Å²) in [6, 6.07) is 11.7. The summed E-state index contributed by atoms with van der Waals surface area (Å²) >= 11 is 0. The van der Waals surface area contributed by atoms with Gasteiger partial charge in [-0.1, -0.05) is 24.3 Å². The molecule has 8 nitrogen and oxygen atoms in total. The van der Waals surface area contributed by atoms with Gasteiger partial charge >= 0.3 is 5.97 Å². The molecule has 1 N–H and O–H groups in total. The van der Waals surface area contributed by atoms with Crippen LogP contribution in [0.4, 0.5) is 0 Å². The van der Waals surface area contributed by atoms with Crippen LogP contribution in [0.25, 0.3) is 21.9 Å². The van der Waals surface area contributed by atoms with E-state index in [9.17, 15) is 19.7 Å². The van der Waals surface area contributed by atoms with E-state index in [-0.39, 0.29) is 34.3 Å². The number of benzene rings is 2. The van der Waals surface area contributed by atoms with Gasteiger partial charge in [0.15, 0.2) is 0 Å². The number of ether oxygens (including phenoxy) is 1. The van der Waals surface area contributed by atoms with E-state index in [1.54, 1.807) is 63.2 Å². The van der Waals surface area contributed by atoms with Gasteiger partial charge in [0.2, 0.25) is 5.43 Å². The second-order valence-electron chi connectivity index (χ2n) is 7.24. The van der Waals surface area contributed by atoms with Gasteiger partial charge in [0.1, 0.15) is 17.1 Å². The lowest BCUT2D eigenvalue weighted by molar-refractivity contribution is -0.431. The summed E-state index contributed by atoms with van der Waals surface area (Å²) in [6.45, 7) is 5.02. The Morgan fingerprint density at radius 1 is 1.13 bits per heavy atom. The van der Waals surface area contributed by atoms with Gasteiger partial charge in [-0.05, 0) is 39.0 Å². The standard InChI is InChI=1S/C23H20N2O6/c1-4-30-23(27)18-12(2)24-13(3)20(25(28)29)19(18)15-9-7-10-16-21(26)14-8-5-6-11-17(14)31-22(15)16/h5-11,19,24H,4H2,1-3H3. The predicted octanol–water partition coefficient (Wildman–Crippen LogP) is 3.98. The molecule has 0 saturated heterocycles. The number of esters is 1. The third kappa shape index (κ3) is 3.26. The zero-order chi connectivity index (χ0) is 22.3. The zero-order valence-corrected chi connectivity index (χ0v) is 17.2. The number of para-hydroxylation sites is 2. The maximum atomic E-state index is 13.1. The lowest BCUT2D eigenvalue weighted by atomic mass is 9.83. The fourth-order valence-electron chi connectivity index (χ4n) is 4.08. The van der Waals surface area contributed by atoms with Gasteiger partial charge < -0.3 is 14.5 Å². The largest absolute Gasteiger partial charge is 0.463 e. The minimum absolute atomic E-state index is 0.113. The van der Waals surface area contributed by atoms with E-state index in [0.717, 1.165) is 0 Å². The van der Waals surface area contributed by atoms with Crippen molar-refractivity contribution in [2.45, 2.75) is 26.7 Å². The van der Waals surface area contributed by atoms with Crippen LogP contribution in [0.15, 0.2) is 74.3 Å². The van der Waals surface area contributed by atoms with Crippen molar-refractivity contribution >= 4 is 27.9 Å². The Hall–Kier alpha value is -3.94. The molecule has 0 bridgehead atoms. The molecule has 4 rings (SSSR count). The molecule has 2 heterocycles. The number of carbonyl (C=O) groups excluding carboxylic acids is 1. The van der Waals surface area contributed by atoms with E-state index in [1.165, 1.54) is 0 Å². The highest BCUT2D eigenvalue weighted by Crippen LogP contribution is 2.41. The Balaban J connectivity index is 2.09. The molecule has 0 aliphatic carbocycles. The third-order valence-electron chi connectivity index (χ3n) is 5.36. The summed E-state index contributed by atoms with van der Waals surface area (Å²) in [7, 11) is 0. The summed E-state index contributed by atoms with van der Waals surface area (Å²) in [5.41, 5.74) is 1.36. The van der Waals surface area contributed by atoms with Crippen LogP contribution in [-0.4, -0.2) is 17.5 Å². The van der Waals surface area contributed by atoms with Crippen molar-refractivity contribution in [2.24, 2.45) is 0 Å². The minimum atomic E-state index is -1.07. The molecule has 3 aromatic rings. The monoisotopic (exact) mass is 420 g/mol. The molecule has 0 saturated carbocycles. The molecule has 0 amide bonds. The first-order chi connectivity index (χ1) is 14.8. The number of allylic oxidation sites excluding steroid dienone is 3. The van der Waals surface area contributed by atoms with Crippen LogP contribution in [0.1, 0.15) is 32.3 Å². The van der Waals surface area contributed by atoms with Gasteiger partial charge in [-0.15, -0.1) is 0 Å². The highest BCUT2D eigenvalue weighted by Gasteiger charge is 2.42. The number of hydrogen-bond donors (Lipinski definition) is 1. The quantitative estimate of drug-likeness (QED) is 0.294. The number of carbonyl (C=O) groups is 1. The van der Waals surface area contributed by atoms with Gasteiger partial charge in [-0.25, -0.2) is 4.79 Å². The summed E-state index contributed by atoms with van der Waals surface area (Å²) < 4.78 is 11.3. The van der Waals surface area contributed by atoms with Crippen molar-refractivity contribution in [1.29, 1.82) is 0 Å². The van der Waals surface area contributed by atoms with E-state index in [0.29, 0.717) is 27.9 Å². The average Bonchev–Trinajstić information content (AvgIpc) is 2.73. The van der Waals surface area contributed by atoms with E-state index in [2.05, 4.69) is 5.32 Å². The normalized spacial score (nSPS) is 16.5. The predicted molar refractivity (Wildman–Crippen MR) is 115 cm³/mol. The molecule has 2 aromatic carbocycles. The first kappa shape index (κ1) is 20.3. The second kappa shape index (κ2) is 7.71. The highest BCUT2D eigenvalue weighted by atomic mass is 16.6. The summed E-state index contributed by atoms with van der Waals surface area (Å²) in [6.07, 6.45) is 0. The molecule has 31 heavy (non-hydrogen) atoms. The highest BCUT2D eigenvalue weighted by molar-refractivity contribution is 5.96. The van der Waals surface area contributed by atoms with Gasteiger partial charge in [-0.2, -0.15) is 0 Å². The topological polar surface area (TPSA) is 112 Å². The Labute approximate surface area is 177 Å². The van der Waals surface area contributed by atoms with Crippen LogP contribution in [0.3, 0.4) is 0 Å². The van der Waals surface area contributed by atoms with E-state index < -0.39 is 16.8 Å². The molecule has 0 radical (unpaired) electrons. The van der Waals surface area contributed by atoms with Crippen LogP contribution < -0.4 is 10.7 Å². The van der Waals surface area contributed by atoms with Crippen LogP contribution in [0.2, 0.25) is 0 Å². The molecule has 1 aromatic heterocycles. The maximum absolute atomic E-state index is 13.1. The molecule has 0 spiro atoms. The SMILES string of the molecule is CCOC(=O)C1=C(C)NC(C)=C([N+](=O)[O-])C1c1cccc2c(=O)c3ccccc3oc12. The molecule has 1 aliphatic heterocycles. The number of hydrogen-bond acceptors (Lipinski definition) is 7. The van der Waals surface area contributed by atoms with Crippen molar-refractivity contribution < 1.29 is 18.9 Å². The summed E-state index contributed by atoms with van der Waals surface area (Å²) in [5, 5.41) is 15.7. The van der Waals surface area contributed by atoms with Gasteiger partial charge in [0.05, 0.1) is 33.6 Å². The lowest BCUT2D eigenvalue weighted by Gasteiger charge is -2.26. The van der Waals surface area contributed by atoms with Gasteiger partial charge in [0.25, 0.3) is 5.70 Å². The lowest BCUT2D eigenvalue weighted by Crippen LogP contribution is -2.31. The maximum Gasteiger partial charge on any atom is 0.336 e. The average molecular weight is 420 g/mol. The Morgan fingerprint density at radius 2 is 1.84 bits per heavy atom. The van der Waals surface area contributed by atoms with E-state index in [4.69, 9.17) is 9.15 Å². The van der Waals surface area contributed by atoms with Crippen molar-refractivity contribution in [3.63, 3.8) is 0 Å². The molecule has 0 fully saturated rings. The number of fused-ring (bicyclic) bond motifs is 2. The third-order valence-corrected chi connectivity index (χ3v) is 5.36. The smallest absolute Gasteiger partial charge is 0.336 e. The van der Waals surface area contributed by atoms with Crippen LogP contribution >= 0.6 is 0 Å². The van der Waals surface area contributed by atoms with Crippen LogP contribution in [0, 0.1) is 10.1 Å². The Morgan fingerprint density at radius 3 is 2.55 bits per heavy atom. The first-order valence-corrected chi connectivity index (χ1v) is 9.79. The number of nitrogens with zero attached hydrogens (tertiary/aromatic N) is 1. The first-order valence-electron chi connectivity index (χ1n) is 9.79. The molecular weight excluding hydrogens is 400 g/mol. The summed E-state index contributed by atoms with van der Waals surface area (Å²) in [5.74, 6) is -1.73. The van der Waals surface area contributed by atoms with Crippen molar-refractivity contribution in [3.8, 4) is 0 Å². The van der Waals surface area contributed by atoms with E-state index in [1.807, 2.05) is 0 Å². The minimum Gasteiger partial charge on any atom is -0.463 e. The number of nitro groups is 1. The number of dihydropyridines is 1. The van der Waals surface area contributed by atoms with Crippen molar-refractivity contribution in [1.82, 2.24) is 5.32 Å². The van der Waals surface area contributed by atoms with Crippen molar-refractivity contribution in [3.05, 3.63) is 91.0 Å². The van der Waals surface area contributed by atoms with Crippen LogP contribution in [0.5, 0.6) is 0 Å². The molecule has 1 unspecified atom stereocenters. The second-order valence-corrected chi connectivity index (χ2v) is 7.24. The molecule has 8 heteroatoms. The zero-order valence-electron chi connectivity index (χ0n) is 17.2. The molecule has 158 valence electrons. The Bertz CT molecular complexity index is 1370. The number of rotatable bonds is 4. The van der Waals surface area contributed by atoms with Crippen LogP contribution in [-0.2, 0) is 9.53 Å². The Kier molecular flexibility index (Phi) is 5.06.